The zero-order chi connectivity index (χ0) is 18.6. The van der Waals surface area contributed by atoms with Gasteiger partial charge in [0.1, 0.15) is 11.6 Å². The van der Waals surface area contributed by atoms with E-state index < -0.39 is 23.6 Å². The average Bonchev–Trinajstić information content (AvgIpc) is 2.54. The Morgan fingerprint density at radius 3 is 2.12 bits per heavy atom. The molecule has 0 spiro atoms. The van der Waals surface area contributed by atoms with Crippen molar-refractivity contribution in [1.82, 2.24) is 0 Å². The molecule has 0 heterocycles. The van der Waals surface area contributed by atoms with Gasteiger partial charge >= 0.3 is 5.97 Å². The molecule has 1 aromatic rings. The first-order valence-electron chi connectivity index (χ1n) is 6.79. The van der Waals surface area contributed by atoms with Crippen LogP contribution >= 0.6 is 11.6 Å². The number of ether oxygens (including phenoxy) is 2. The molecule has 0 aromatic heterocycles. The summed E-state index contributed by atoms with van der Waals surface area (Å²) >= 11 is 5.81. The van der Waals surface area contributed by atoms with Crippen LogP contribution in [0, 0.1) is 5.82 Å². The van der Waals surface area contributed by atoms with Crippen molar-refractivity contribution >= 4 is 35.1 Å². The fourth-order valence-electron chi connectivity index (χ4n) is 1.90. The first-order chi connectivity index (χ1) is 11.1. The van der Waals surface area contributed by atoms with Crippen LogP contribution in [0.2, 0.25) is 5.02 Å². The molecule has 0 unspecified atom stereocenters. The highest BCUT2D eigenvalue weighted by atomic mass is 35.5. The third kappa shape index (κ3) is 3.91. The molecule has 0 radical (unpaired) electrons. The van der Waals surface area contributed by atoms with E-state index in [2.05, 4.69) is 4.74 Å². The molecule has 1 rings (SSSR count). The third-order valence-electron chi connectivity index (χ3n) is 3.36. The number of benzene rings is 1. The lowest BCUT2D eigenvalue weighted by atomic mass is 10.1. The molecule has 2 amide bonds. The minimum atomic E-state index is -0.882. The number of halogens is 2. The highest BCUT2D eigenvalue weighted by Crippen LogP contribution is 2.33. The van der Waals surface area contributed by atoms with Gasteiger partial charge in [-0.3, -0.25) is 9.59 Å². The lowest BCUT2D eigenvalue weighted by Gasteiger charge is -2.21. The van der Waals surface area contributed by atoms with E-state index in [1.54, 1.807) is 0 Å². The van der Waals surface area contributed by atoms with Crippen LogP contribution in [0.4, 0.5) is 10.1 Å². The number of nitrogens with zero attached hydrogens (tertiary/aromatic N) is 1. The number of imide groups is 1. The summed E-state index contributed by atoms with van der Waals surface area (Å²) in [5.74, 6) is -3.10. The van der Waals surface area contributed by atoms with E-state index >= 15 is 0 Å². The van der Waals surface area contributed by atoms with E-state index in [0.29, 0.717) is 4.90 Å². The fourth-order valence-corrected chi connectivity index (χ4v) is 2.13. The minimum absolute atomic E-state index is 0.00675. The molecule has 24 heavy (non-hydrogen) atoms. The first-order valence-corrected chi connectivity index (χ1v) is 7.17. The van der Waals surface area contributed by atoms with E-state index in [1.165, 1.54) is 21.0 Å². The zero-order valence-electron chi connectivity index (χ0n) is 13.9. The van der Waals surface area contributed by atoms with Crippen LogP contribution in [-0.4, -0.2) is 32.0 Å². The first kappa shape index (κ1) is 19.6. The molecule has 0 saturated heterocycles. The molecule has 130 valence electrons. The van der Waals surface area contributed by atoms with Gasteiger partial charge in [-0.05, 0) is 19.9 Å². The number of anilines is 1. The van der Waals surface area contributed by atoms with Gasteiger partial charge in [0.05, 0.1) is 24.9 Å². The van der Waals surface area contributed by atoms with Gasteiger partial charge in [-0.1, -0.05) is 11.6 Å². The normalized spacial score (nSPS) is 11.5. The molecular formula is C16H17ClFNO5. The van der Waals surface area contributed by atoms with Crippen molar-refractivity contribution in [2.75, 3.05) is 19.1 Å². The Hall–Kier alpha value is -2.41. The molecule has 1 aromatic carbocycles. The quantitative estimate of drug-likeness (QED) is 0.612. The van der Waals surface area contributed by atoms with Gasteiger partial charge in [0.25, 0.3) is 5.91 Å². The topological polar surface area (TPSA) is 72.9 Å². The van der Waals surface area contributed by atoms with Gasteiger partial charge in [0.15, 0.2) is 0 Å². The smallest absolute Gasteiger partial charge is 0.333 e. The van der Waals surface area contributed by atoms with Crippen molar-refractivity contribution in [2.45, 2.75) is 20.8 Å². The number of rotatable bonds is 4. The van der Waals surface area contributed by atoms with Gasteiger partial charge < -0.3 is 9.47 Å². The van der Waals surface area contributed by atoms with Gasteiger partial charge in [0, 0.05) is 24.1 Å². The van der Waals surface area contributed by atoms with Crippen LogP contribution in [0.15, 0.2) is 23.3 Å². The summed E-state index contributed by atoms with van der Waals surface area (Å²) in [7, 11) is 2.48. The molecule has 0 bridgehead atoms. The SMILES string of the molecule is COC(=O)C(C)=C(C)C(=O)N(C(C)=O)c1cc(OC)c(Cl)cc1F. The van der Waals surface area contributed by atoms with Gasteiger partial charge in [-0.15, -0.1) is 0 Å². The van der Waals surface area contributed by atoms with Crippen molar-refractivity contribution in [3.8, 4) is 5.75 Å². The summed E-state index contributed by atoms with van der Waals surface area (Å²) in [6.07, 6.45) is 0. The van der Waals surface area contributed by atoms with Crippen LogP contribution < -0.4 is 9.64 Å². The summed E-state index contributed by atoms with van der Waals surface area (Å²) in [5.41, 5.74) is -0.369. The number of methoxy groups -OCH3 is 2. The Morgan fingerprint density at radius 2 is 1.67 bits per heavy atom. The van der Waals surface area contributed by atoms with Crippen LogP contribution in [0.1, 0.15) is 20.8 Å². The standard InChI is InChI=1S/C16H17ClFNO5/c1-8(9(2)16(22)24-5)15(21)19(10(3)20)13-7-14(23-4)11(17)6-12(13)18/h6-7H,1-5H3. The highest BCUT2D eigenvalue weighted by molar-refractivity contribution is 6.32. The molecule has 8 heteroatoms. The van der Waals surface area contributed by atoms with Crippen molar-refractivity contribution in [3.63, 3.8) is 0 Å². The van der Waals surface area contributed by atoms with Gasteiger partial charge in [0.2, 0.25) is 5.91 Å². The van der Waals surface area contributed by atoms with E-state index in [-0.39, 0.29) is 27.6 Å². The molecule has 6 nitrogen and oxygen atoms in total. The Balaban J connectivity index is 3.48. The maximum absolute atomic E-state index is 14.2. The summed E-state index contributed by atoms with van der Waals surface area (Å²) in [5, 5.41) is -0.00675. The number of hydrogen-bond acceptors (Lipinski definition) is 5. The Morgan fingerprint density at radius 1 is 1.08 bits per heavy atom. The molecule has 0 aliphatic carbocycles. The minimum Gasteiger partial charge on any atom is -0.495 e. The second kappa shape index (κ2) is 7.92. The molecular weight excluding hydrogens is 341 g/mol. The summed E-state index contributed by atoms with van der Waals surface area (Å²) in [6.45, 7) is 3.81. The van der Waals surface area contributed by atoms with E-state index in [9.17, 15) is 18.8 Å². The lowest BCUT2D eigenvalue weighted by molar-refractivity contribution is -0.136. The zero-order valence-corrected chi connectivity index (χ0v) is 14.7. The third-order valence-corrected chi connectivity index (χ3v) is 3.65. The van der Waals surface area contributed by atoms with E-state index in [1.807, 2.05) is 0 Å². The van der Waals surface area contributed by atoms with Crippen molar-refractivity contribution in [3.05, 3.63) is 34.1 Å². The number of hydrogen-bond donors (Lipinski definition) is 0. The maximum Gasteiger partial charge on any atom is 0.333 e. The Bertz CT molecular complexity index is 729. The second-order valence-corrected chi connectivity index (χ2v) is 5.25. The molecule has 0 aliphatic heterocycles. The van der Waals surface area contributed by atoms with Crippen molar-refractivity contribution < 1.29 is 28.2 Å². The van der Waals surface area contributed by atoms with E-state index in [0.717, 1.165) is 26.2 Å². The molecule has 0 aliphatic rings. The van der Waals surface area contributed by atoms with Gasteiger partial charge in [-0.25, -0.2) is 14.1 Å². The number of carbonyl (C=O) groups is 3. The number of carbonyl (C=O) groups excluding carboxylic acids is 3. The Kier molecular flexibility index (Phi) is 6.48. The molecule has 0 atom stereocenters. The number of amides is 2. The average molecular weight is 358 g/mol. The molecule has 0 saturated carbocycles. The van der Waals surface area contributed by atoms with Crippen LogP contribution in [0.5, 0.6) is 5.75 Å². The predicted molar refractivity (Wildman–Crippen MR) is 86.5 cm³/mol. The largest absolute Gasteiger partial charge is 0.495 e. The van der Waals surface area contributed by atoms with Crippen LogP contribution in [-0.2, 0) is 19.1 Å². The number of esters is 1. The summed E-state index contributed by atoms with van der Waals surface area (Å²) in [6, 6.07) is 2.07. The summed E-state index contributed by atoms with van der Waals surface area (Å²) in [4.78, 5) is 36.7. The Labute approximate surface area is 143 Å². The fraction of sp³-hybridized carbons (Fsp3) is 0.312. The van der Waals surface area contributed by atoms with Crippen molar-refractivity contribution in [1.29, 1.82) is 0 Å². The predicted octanol–water partition coefficient (Wildman–Crippen LogP) is 2.88. The lowest BCUT2D eigenvalue weighted by Crippen LogP contribution is -2.37. The van der Waals surface area contributed by atoms with Crippen LogP contribution in [0.25, 0.3) is 0 Å². The molecule has 0 N–H and O–H groups in total. The second-order valence-electron chi connectivity index (χ2n) is 4.84. The summed E-state index contributed by atoms with van der Waals surface area (Å²) < 4.78 is 23.8. The maximum atomic E-state index is 14.2. The monoisotopic (exact) mass is 357 g/mol. The molecule has 0 fully saturated rings. The van der Waals surface area contributed by atoms with Crippen LogP contribution in [0.3, 0.4) is 0 Å². The van der Waals surface area contributed by atoms with E-state index in [4.69, 9.17) is 16.3 Å². The van der Waals surface area contributed by atoms with Gasteiger partial charge in [-0.2, -0.15) is 0 Å². The highest BCUT2D eigenvalue weighted by Gasteiger charge is 2.28. The van der Waals surface area contributed by atoms with Crippen molar-refractivity contribution in [2.24, 2.45) is 0 Å².